The minimum atomic E-state index is -1.13. The maximum atomic E-state index is 11.8. The van der Waals surface area contributed by atoms with Gasteiger partial charge in [-0.25, -0.2) is 4.79 Å². The van der Waals surface area contributed by atoms with E-state index < -0.39 is 12.1 Å². The standard InChI is InChI=1S/C27H18Cl2O4/c28-21-14-17(18-10-6-11-20-19-9-4-5-12-23(19)32-25(18)20)15-22(29)26(21)33-24(27(30)31)13-16-7-2-1-3-8-16/h1-12,14-15,24H,13H2,(H,30,31)/t24-/m1/s1. The first-order valence-electron chi connectivity index (χ1n) is 10.3. The Kier molecular flexibility index (Phi) is 5.71. The quantitative estimate of drug-likeness (QED) is 0.273. The number of ether oxygens (including phenoxy) is 1. The molecule has 0 amide bonds. The lowest BCUT2D eigenvalue weighted by Crippen LogP contribution is -2.29. The van der Waals surface area contributed by atoms with Gasteiger partial charge in [0.15, 0.2) is 11.9 Å². The van der Waals surface area contributed by atoms with Gasteiger partial charge in [0.05, 0.1) is 10.0 Å². The molecule has 1 N–H and O–H groups in total. The lowest BCUT2D eigenvalue weighted by molar-refractivity contribution is -0.145. The molecular formula is C27H18Cl2O4. The zero-order valence-electron chi connectivity index (χ0n) is 17.3. The Morgan fingerprint density at radius 2 is 1.55 bits per heavy atom. The normalized spacial score (nSPS) is 12.2. The largest absolute Gasteiger partial charge is 0.478 e. The number of hydrogen-bond donors (Lipinski definition) is 1. The summed E-state index contributed by atoms with van der Waals surface area (Å²) in [5.41, 5.74) is 3.94. The van der Waals surface area contributed by atoms with Gasteiger partial charge >= 0.3 is 5.97 Å². The predicted molar refractivity (Wildman–Crippen MR) is 131 cm³/mol. The van der Waals surface area contributed by atoms with Crippen molar-refractivity contribution in [1.29, 1.82) is 0 Å². The molecule has 0 aliphatic rings. The van der Waals surface area contributed by atoms with Crippen LogP contribution in [-0.4, -0.2) is 17.2 Å². The molecule has 0 unspecified atom stereocenters. The maximum Gasteiger partial charge on any atom is 0.345 e. The number of hydrogen-bond acceptors (Lipinski definition) is 3. The van der Waals surface area contributed by atoms with Crippen LogP contribution in [0.15, 0.2) is 89.3 Å². The van der Waals surface area contributed by atoms with E-state index in [0.29, 0.717) is 0 Å². The molecule has 4 aromatic carbocycles. The van der Waals surface area contributed by atoms with Crippen molar-refractivity contribution in [3.05, 3.63) is 101 Å². The number of aliphatic carboxylic acids is 1. The molecule has 5 rings (SSSR count). The average molecular weight is 477 g/mol. The van der Waals surface area contributed by atoms with Gasteiger partial charge < -0.3 is 14.3 Å². The number of furan rings is 1. The summed E-state index contributed by atoms with van der Waals surface area (Å²) >= 11 is 13.1. The van der Waals surface area contributed by atoms with Crippen LogP contribution in [-0.2, 0) is 11.2 Å². The van der Waals surface area contributed by atoms with Crippen molar-refractivity contribution in [1.82, 2.24) is 0 Å². The van der Waals surface area contributed by atoms with Crippen LogP contribution in [0.25, 0.3) is 33.1 Å². The third kappa shape index (κ3) is 4.15. The first-order valence-corrected chi connectivity index (χ1v) is 11.1. The summed E-state index contributed by atoms with van der Waals surface area (Å²) in [6.07, 6.45) is -0.949. The number of fused-ring (bicyclic) bond motifs is 3. The van der Waals surface area contributed by atoms with Gasteiger partial charge in [0.1, 0.15) is 11.2 Å². The smallest absolute Gasteiger partial charge is 0.345 e. The molecule has 4 nitrogen and oxygen atoms in total. The highest BCUT2D eigenvalue weighted by atomic mass is 35.5. The molecule has 0 spiro atoms. The molecule has 0 saturated heterocycles. The van der Waals surface area contributed by atoms with Crippen molar-refractivity contribution in [3.63, 3.8) is 0 Å². The van der Waals surface area contributed by atoms with Gasteiger partial charge in [0.2, 0.25) is 0 Å². The topological polar surface area (TPSA) is 59.7 Å². The van der Waals surface area contributed by atoms with Gasteiger partial charge in [0.25, 0.3) is 0 Å². The van der Waals surface area contributed by atoms with Crippen LogP contribution < -0.4 is 4.74 Å². The highest BCUT2D eigenvalue weighted by molar-refractivity contribution is 6.37. The Balaban J connectivity index is 1.52. The van der Waals surface area contributed by atoms with Crippen LogP contribution in [0.3, 0.4) is 0 Å². The van der Waals surface area contributed by atoms with Crippen molar-refractivity contribution in [3.8, 4) is 16.9 Å². The second-order valence-electron chi connectivity index (χ2n) is 7.68. The van der Waals surface area contributed by atoms with Crippen molar-refractivity contribution in [2.75, 3.05) is 0 Å². The van der Waals surface area contributed by atoms with E-state index in [9.17, 15) is 9.90 Å². The van der Waals surface area contributed by atoms with Crippen LogP contribution in [0.1, 0.15) is 5.56 Å². The average Bonchev–Trinajstić information content (AvgIpc) is 3.20. The highest BCUT2D eigenvalue weighted by Gasteiger charge is 2.24. The molecule has 164 valence electrons. The van der Waals surface area contributed by atoms with Crippen molar-refractivity contribution in [2.24, 2.45) is 0 Å². The van der Waals surface area contributed by atoms with E-state index in [1.807, 2.05) is 72.8 Å². The molecule has 0 radical (unpaired) electrons. The molecule has 0 saturated carbocycles. The summed E-state index contributed by atoms with van der Waals surface area (Å²) in [5.74, 6) is -0.954. The second-order valence-corrected chi connectivity index (χ2v) is 8.50. The van der Waals surface area contributed by atoms with Gasteiger partial charge in [-0.2, -0.15) is 0 Å². The third-order valence-electron chi connectivity index (χ3n) is 5.51. The molecular weight excluding hydrogens is 459 g/mol. The van der Waals surface area contributed by atoms with Gasteiger partial charge in [-0.3, -0.25) is 0 Å². The zero-order valence-corrected chi connectivity index (χ0v) is 18.8. The van der Waals surface area contributed by atoms with E-state index >= 15 is 0 Å². The van der Waals surface area contributed by atoms with Crippen molar-refractivity contribution >= 4 is 51.1 Å². The Morgan fingerprint density at radius 3 is 2.27 bits per heavy atom. The minimum Gasteiger partial charge on any atom is -0.478 e. The van der Waals surface area contributed by atoms with Gasteiger partial charge in [0, 0.05) is 22.8 Å². The Bertz CT molecular complexity index is 1450. The molecule has 0 bridgehead atoms. The fourth-order valence-electron chi connectivity index (χ4n) is 3.95. The van der Waals surface area contributed by atoms with Crippen molar-refractivity contribution in [2.45, 2.75) is 12.5 Å². The number of carboxylic acid groups (broad SMARTS) is 1. The first-order chi connectivity index (χ1) is 16.0. The van der Waals surface area contributed by atoms with E-state index in [-0.39, 0.29) is 22.2 Å². The van der Waals surface area contributed by atoms with Gasteiger partial charge in [-0.1, -0.05) is 89.9 Å². The highest BCUT2D eigenvalue weighted by Crippen LogP contribution is 2.41. The molecule has 1 heterocycles. The molecule has 1 aromatic heterocycles. The molecule has 33 heavy (non-hydrogen) atoms. The van der Waals surface area contributed by atoms with E-state index in [1.165, 1.54) is 0 Å². The summed E-state index contributed by atoms with van der Waals surface area (Å²) in [6, 6.07) is 26.4. The number of benzene rings is 4. The van der Waals surface area contributed by atoms with E-state index in [2.05, 4.69) is 0 Å². The van der Waals surface area contributed by atoms with Crippen LogP contribution in [0.4, 0.5) is 0 Å². The fraction of sp³-hybridized carbons (Fsp3) is 0.0741. The van der Waals surface area contributed by atoms with Gasteiger partial charge in [-0.05, 0) is 29.3 Å². The van der Waals surface area contributed by atoms with E-state index in [0.717, 1.165) is 38.6 Å². The maximum absolute atomic E-state index is 11.8. The third-order valence-corrected chi connectivity index (χ3v) is 6.07. The van der Waals surface area contributed by atoms with Crippen LogP contribution >= 0.6 is 23.2 Å². The monoisotopic (exact) mass is 476 g/mol. The number of carboxylic acids is 1. The lowest BCUT2D eigenvalue weighted by atomic mass is 10.0. The Morgan fingerprint density at radius 1 is 0.879 bits per heavy atom. The summed E-state index contributed by atoms with van der Waals surface area (Å²) in [6.45, 7) is 0. The first kappa shape index (κ1) is 21.4. The summed E-state index contributed by atoms with van der Waals surface area (Å²) < 4.78 is 11.9. The summed E-state index contributed by atoms with van der Waals surface area (Å²) in [7, 11) is 0. The van der Waals surface area contributed by atoms with Crippen molar-refractivity contribution < 1.29 is 19.1 Å². The minimum absolute atomic E-state index is 0.141. The number of halogens is 2. The Labute approximate surface area is 199 Å². The molecule has 5 aromatic rings. The predicted octanol–water partition coefficient (Wildman–Crippen LogP) is 7.63. The van der Waals surface area contributed by atoms with E-state index in [1.54, 1.807) is 12.1 Å². The molecule has 0 fully saturated rings. The summed E-state index contributed by atoms with van der Waals surface area (Å²) in [4.78, 5) is 11.8. The second kappa shape index (κ2) is 8.81. The number of rotatable bonds is 6. The van der Waals surface area contributed by atoms with Crippen LogP contribution in [0, 0.1) is 0 Å². The Hall–Kier alpha value is -3.47. The van der Waals surface area contributed by atoms with Crippen LogP contribution in [0.2, 0.25) is 10.0 Å². The van der Waals surface area contributed by atoms with Gasteiger partial charge in [-0.15, -0.1) is 0 Å². The SMILES string of the molecule is O=C(O)[C@@H](Cc1ccccc1)Oc1c(Cl)cc(-c2cccc3c2oc2ccccc23)cc1Cl. The number of para-hydroxylation sites is 2. The zero-order chi connectivity index (χ0) is 22.9. The molecule has 1 atom stereocenters. The lowest BCUT2D eigenvalue weighted by Gasteiger charge is -2.18. The molecule has 0 aliphatic heterocycles. The number of carbonyl (C=O) groups is 1. The van der Waals surface area contributed by atoms with E-state index in [4.69, 9.17) is 32.4 Å². The summed E-state index contributed by atoms with van der Waals surface area (Å²) in [5, 5.41) is 12.1. The molecule has 6 heteroatoms. The molecule has 0 aliphatic carbocycles. The van der Waals surface area contributed by atoms with Crippen LogP contribution in [0.5, 0.6) is 5.75 Å². The fourth-order valence-corrected chi connectivity index (χ4v) is 4.53.